The minimum atomic E-state index is -1.04. The van der Waals surface area contributed by atoms with Crippen molar-refractivity contribution in [3.05, 3.63) is 28.5 Å². The zero-order valence-corrected chi connectivity index (χ0v) is 13.0. The fourth-order valence-corrected chi connectivity index (χ4v) is 2.48. The van der Waals surface area contributed by atoms with E-state index in [4.69, 9.17) is 9.84 Å². The number of rotatable bonds is 6. The van der Waals surface area contributed by atoms with Gasteiger partial charge in [-0.2, -0.15) is 0 Å². The van der Waals surface area contributed by atoms with Crippen LogP contribution in [0.2, 0.25) is 0 Å². The van der Waals surface area contributed by atoms with E-state index in [0.717, 1.165) is 12.8 Å². The molecule has 1 saturated carbocycles. The summed E-state index contributed by atoms with van der Waals surface area (Å²) < 4.78 is 18.7. The van der Waals surface area contributed by atoms with Crippen LogP contribution < -0.4 is 4.74 Å². The molecule has 1 fully saturated rings. The second-order valence-electron chi connectivity index (χ2n) is 4.91. The van der Waals surface area contributed by atoms with Crippen molar-refractivity contribution in [2.24, 2.45) is 0 Å². The molecule has 1 N–H and O–H groups in total. The van der Waals surface area contributed by atoms with Gasteiger partial charge in [0.15, 0.2) is 6.61 Å². The van der Waals surface area contributed by atoms with Gasteiger partial charge in [-0.05, 0) is 53.9 Å². The van der Waals surface area contributed by atoms with E-state index in [1.165, 1.54) is 30.0 Å². The Morgan fingerprint density at radius 2 is 2.19 bits per heavy atom. The van der Waals surface area contributed by atoms with Crippen LogP contribution in [-0.2, 0) is 9.59 Å². The summed E-state index contributed by atoms with van der Waals surface area (Å²) in [5.41, 5.74) is 0. The van der Waals surface area contributed by atoms with E-state index >= 15 is 0 Å². The van der Waals surface area contributed by atoms with Crippen LogP contribution in [0.25, 0.3) is 0 Å². The summed E-state index contributed by atoms with van der Waals surface area (Å²) in [6, 6.07) is 2.96. The van der Waals surface area contributed by atoms with Gasteiger partial charge in [0.2, 0.25) is 0 Å². The molecule has 0 radical (unpaired) electrons. The summed E-state index contributed by atoms with van der Waals surface area (Å²) in [5.74, 6) is -1.51. The number of carboxylic acid groups (broad SMARTS) is 1. The molecule has 1 amide bonds. The molecule has 5 nitrogen and oxygen atoms in total. The Bertz CT molecular complexity index is 562. The number of hydrogen-bond acceptors (Lipinski definition) is 3. The van der Waals surface area contributed by atoms with Gasteiger partial charge in [-0.15, -0.1) is 0 Å². The summed E-state index contributed by atoms with van der Waals surface area (Å²) in [5, 5.41) is 9.05. The normalized spacial score (nSPS) is 15.4. The predicted molar refractivity (Wildman–Crippen MR) is 76.6 cm³/mol. The van der Waals surface area contributed by atoms with Gasteiger partial charge in [-0.25, -0.2) is 9.18 Å². The molecule has 0 spiro atoms. The van der Waals surface area contributed by atoms with E-state index in [0.29, 0.717) is 10.2 Å². The molecule has 1 aromatic carbocycles. The minimum absolute atomic E-state index is 0.0242. The van der Waals surface area contributed by atoms with Gasteiger partial charge in [-0.1, -0.05) is 0 Å². The van der Waals surface area contributed by atoms with E-state index in [1.54, 1.807) is 0 Å². The zero-order chi connectivity index (χ0) is 15.6. The highest BCUT2D eigenvalue weighted by Crippen LogP contribution is 2.30. The van der Waals surface area contributed by atoms with Gasteiger partial charge < -0.3 is 14.7 Å². The molecule has 0 saturated heterocycles. The summed E-state index contributed by atoms with van der Waals surface area (Å²) in [4.78, 5) is 24.6. The quantitative estimate of drug-likeness (QED) is 0.846. The second kappa shape index (κ2) is 6.43. The number of nitrogens with zero attached hydrogens (tertiary/aromatic N) is 1. The number of carbonyl (C=O) groups excluding carboxylic acids is 1. The van der Waals surface area contributed by atoms with Crippen LogP contribution >= 0.6 is 15.9 Å². The van der Waals surface area contributed by atoms with Crippen molar-refractivity contribution in [1.29, 1.82) is 0 Å². The Balaban J connectivity index is 2.00. The van der Waals surface area contributed by atoms with Crippen molar-refractivity contribution < 1.29 is 23.8 Å². The number of carbonyl (C=O) groups is 2. The molecule has 2 rings (SSSR count). The first-order valence-electron chi connectivity index (χ1n) is 6.52. The summed E-state index contributed by atoms with van der Waals surface area (Å²) in [7, 11) is 0. The molecule has 1 aliphatic rings. The molecule has 0 heterocycles. The first-order chi connectivity index (χ1) is 9.90. The highest BCUT2D eigenvalue weighted by Gasteiger charge is 2.38. The summed E-state index contributed by atoms with van der Waals surface area (Å²) in [6.07, 6.45) is 1.62. The van der Waals surface area contributed by atoms with Crippen LogP contribution in [-0.4, -0.2) is 40.6 Å². The first kappa shape index (κ1) is 15.8. The van der Waals surface area contributed by atoms with Crippen LogP contribution in [0.3, 0.4) is 0 Å². The zero-order valence-electron chi connectivity index (χ0n) is 11.4. The van der Waals surface area contributed by atoms with Crippen LogP contribution in [0.4, 0.5) is 4.39 Å². The molecule has 1 atom stereocenters. The second-order valence-corrected chi connectivity index (χ2v) is 5.76. The maximum Gasteiger partial charge on any atom is 0.326 e. The topological polar surface area (TPSA) is 66.8 Å². The highest BCUT2D eigenvalue weighted by atomic mass is 79.9. The fourth-order valence-electron chi connectivity index (χ4n) is 2.01. The van der Waals surface area contributed by atoms with Crippen LogP contribution in [0.1, 0.15) is 19.8 Å². The Labute approximate surface area is 129 Å². The Morgan fingerprint density at radius 1 is 1.52 bits per heavy atom. The number of benzene rings is 1. The van der Waals surface area contributed by atoms with Crippen molar-refractivity contribution in [2.75, 3.05) is 6.61 Å². The largest absolute Gasteiger partial charge is 0.483 e. The van der Waals surface area contributed by atoms with Gasteiger partial charge in [0.25, 0.3) is 5.91 Å². The Hall–Kier alpha value is -1.63. The van der Waals surface area contributed by atoms with Gasteiger partial charge in [0.05, 0.1) is 4.47 Å². The van der Waals surface area contributed by atoms with Crippen molar-refractivity contribution in [2.45, 2.75) is 31.8 Å². The van der Waals surface area contributed by atoms with Gasteiger partial charge in [-0.3, -0.25) is 4.79 Å². The molecule has 0 aromatic heterocycles. The molecule has 1 unspecified atom stereocenters. The van der Waals surface area contributed by atoms with Crippen molar-refractivity contribution in [1.82, 2.24) is 4.90 Å². The van der Waals surface area contributed by atoms with Crippen molar-refractivity contribution >= 4 is 27.8 Å². The Kier molecular flexibility index (Phi) is 4.82. The average Bonchev–Trinajstić information content (AvgIpc) is 3.22. The van der Waals surface area contributed by atoms with E-state index < -0.39 is 17.8 Å². The molecule has 1 aromatic rings. The summed E-state index contributed by atoms with van der Waals surface area (Å²) in [6.45, 7) is 1.20. The average molecular weight is 360 g/mol. The molecular weight excluding hydrogens is 345 g/mol. The van der Waals surface area contributed by atoms with E-state index in [2.05, 4.69) is 15.9 Å². The smallest absolute Gasteiger partial charge is 0.326 e. The number of hydrogen-bond donors (Lipinski definition) is 1. The fraction of sp³-hybridized carbons (Fsp3) is 0.429. The van der Waals surface area contributed by atoms with Crippen molar-refractivity contribution in [3.63, 3.8) is 0 Å². The highest BCUT2D eigenvalue weighted by molar-refractivity contribution is 9.10. The molecule has 0 bridgehead atoms. The van der Waals surface area contributed by atoms with Crippen molar-refractivity contribution in [3.8, 4) is 5.75 Å². The third-order valence-corrected chi connectivity index (χ3v) is 3.87. The van der Waals surface area contributed by atoms with Crippen LogP contribution in [0.15, 0.2) is 22.7 Å². The van der Waals surface area contributed by atoms with Gasteiger partial charge >= 0.3 is 5.97 Å². The lowest BCUT2D eigenvalue weighted by Gasteiger charge is -2.26. The van der Waals surface area contributed by atoms with Crippen LogP contribution in [0, 0.1) is 5.82 Å². The SMILES string of the molecule is CC(C(=O)O)N(C(=O)COc1ccc(F)cc1Br)C1CC1. The van der Waals surface area contributed by atoms with Gasteiger partial charge in [0, 0.05) is 6.04 Å². The predicted octanol–water partition coefficient (Wildman–Crippen LogP) is 2.43. The van der Waals surface area contributed by atoms with E-state index in [1.807, 2.05) is 0 Å². The maximum atomic E-state index is 13.0. The number of aliphatic carboxylic acids is 1. The minimum Gasteiger partial charge on any atom is -0.483 e. The molecular formula is C14H15BrFNO4. The Morgan fingerprint density at radius 3 is 2.71 bits per heavy atom. The standard InChI is InChI=1S/C14H15BrFNO4/c1-8(14(19)20)17(10-3-4-10)13(18)7-21-12-5-2-9(16)6-11(12)15/h2,5-6,8,10H,3-4,7H2,1H3,(H,19,20). The summed E-state index contributed by atoms with van der Waals surface area (Å²) >= 11 is 3.14. The third kappa shape index (κ3) is 3.93. The van der Waals surface area contributed by atoms with Crippen LogP contribution in [0.5, 0.6) is 5.75 Å². The lowest BCUT2D eigenvalue weighted by molar-refractivity contribution is -0.150. The lowest BCUT2D eigenvalue weighted by atomic mass is 10.2. The monoisotopic (exact) mass is 359 g/mol. The number of ether oxygens (including phenoxy) is 1. The molecule has 0 aliphatic heterocycles. The molecule has 114 valence electrons. The third-order valence-electron chi connectivity index (χ3n) is 3.25. The van der Waals surface area contributed by atoms with E-state index in [9.17, 15) is 14.0 Å². The van der Waals surface area contributed by atoms with E-state index in [-0.39, 0.29) is 18.6 Å². The maximum absolute atomic E-state index is 13.0. The number of amides is 1. The van der Waals surface area contributed by atoms with Gasteiger partial charge in [0.1, 0.15) is 17.6 Å². The molecule has 1 aliphatic carbocycles. The first-order valence-corrected chi connectivity index (χ1v) is 7.31. The lowest BCUT2D eigenvalue weighted by Crippen LogP contribution is -2.46. The number of halogens is 2. The number of carboxylic acids is 1. The molecule has 7 heteroatoms. The molecule has 21 heavy (non-hydrogen) atoms.